The van der Waals surface area contributed by atoms with Crippen LogP contribution in [0.1, 0.15) is 130 Å². The summed E-state index contributed by atoms with van der Waals surface area (Å²) in [6.07, 6.45) is 18.7. The third-order valence-electron chi connectivity index (χ3n) is 13.9. The highest BCUT2D eigenvalue weighted by molar-refractivity contribution is 5.90. The molecule has 12 heteroatoms. The second-order valence-corrected chi connectivity index (χ2v) is 17.7. The quantitative estimate of drug-likeness (QED) is 0.0845. The predicted molar refractivity (Wildman–Crippen MR) is 219 cm³/mol. The van der Waals surface area contributed by atoms with Crippen LogP contribution in [0.15, 0.2) is 67.0 Å². The number of aromatic nitrogens is 4. The van der Waals surface area contributed by atoms with Crippen LogP contribution in [0.3, 0.4) is 0 Å². The first-order valence-electron chi connectivity index (χ1n) is 21.7. The lowest BCUT2D eigenvalue weighted by Crippen LogP contribution is -2.46. The van der Waals surface area contributed by atoms with E-state index in [1.165, 1.54) is 11.3 Å². The number of benzene rings is 2. The van der Waals surface area contributed by atoms with Crippen molar-refractivity contribution in [1.82, 2.24) is 40.8 Å². The number of aromatic amines is 2. The fraction of sp³-hybridized carbons (Fsp3) is 0.522. The number of rotatable bonds is 16. The molecule has 5 saturated carbocycles. The van der Waals surface area contributed by atoms with Gasteiger partial charge in [-0.1, -0.05) is 54.6 Å². The average Bonchev–Trinajstić information content (AvgIpc) is 4.14. The summed E-state index contributed by atoms with van der Waals surface area (Å²) >= 11 is 0. The minimum atomic E-state index is -0.679. The Balaban J connectivity index is 0.744. The van der Waals surface area contributed by atoms with Gasteiger partial charge < -0.3 is 30.8 Å². The van der Waals surface area contributed by atoms with Crippen LogP contribution < -0.4 is 16.0 Å². The number of H-pyrrole nitrogens is 2. The van der Waals surface area contributed by atoms with Gasteiger partial charge in [0.05, 0.1) is 24.5 Å². The van der Waals surface area contributed by atoms with Crippen molar-refractivity contribution in [2.75, 3.05) is 19.6 Å². The molecule has 2 unspecified atom stereocenters. The highest BCUT2D eigenvalue weighted by Crippen LogP contribution is 2.58. The first-order chi connectivity index (χ1) is 28.3. The molecular weight excluding hydrogens is 729 g/mol. The van der Waals surface area contributed by atoms with Gasteiger partial charge in [0.1, 0.15) is 17.7 Å². The maximum Gasteiger partial charge on any atom is 0.247 e. The van der Waals surface area contributed by atoms with E-state index >= 15 is 0 Å². The molecule has 2 bridgehead atoms. The molecule has 1 saturated heterocycles. The Morgan fingerprint density at radius 1 is 0.759 bits per heavy atom. The Morgan fingerprint density at radius 2 is 1.47 bits per heavy atom. The number of carbonyl (C=O) groups excluding carboxylic acids is 4. The number of fused-ring (bicyclic) bond motifs is 3. The molecule has 6 aliphatic rings. The smallest absolute Gasteiger partial charge is 0.247 e. The zero-order chi connectivity index (χ0) is 39.7. The lowest BCUT2D eigenvalue weighted by molar-refractivity contribution is -0.134. The number of nitrogens with zero attached hydrogens (tertiary/aromatic N) is 3. The van der Waals surface area contributed by atoms with E-state index in [1.54, 1.807) is 0 Å². The molecule has 6 fully saturated rings. The van der Waals surface area contributed by atoms with Gasteiger partial charge in [0.15, 0.2) is 0 Å². The van der Waals surface area contributed by atoms with Crippen molar-refractivity contribution >= 4 is 23.6 Å². The molecule has 58 heavy (non-hydrogen) atoms. The Bertz CT molecular complexity index is 2090. The van der Waals surface area contributed by atoms with Gasteiger partial charge in [-0.15, -0.1) is 0 Å². The highest BCUT2D eigenvalue weighted by atomic mass is 16.2. The third-order valence-corrected chi connectivity index (χ3v) is 13.9. The molecule has 10 rings (SSSR count). The molecule has 5 N–H and O–H groups in total. The number of hydrogen-bond donors (Lipinski definition) is 5. The van der Waals surface area contributed by atoms with Crippen molar-refractivity contribution in [3.63, 3.8) is 0 Å². The molecule has 4 aromatic rings. The van der Waals surface area contributed by atoms with E-state index in [1.807, 2.05) is 47.6 Å². The summed E-state index contributed by atoms with van der Waals surface area (Å²) in [4.78, 5) is 69.4. The second kappa shape index (κ2) is 16.2. The number of nitrogens with one attached hydrogen (secondary N) is 5. The van der Waals surface area contributed by atoms with E-state index in [2.05, 4.69) is 55.2 Å². The average molecular weight is 785 g/mol. The van der Waals surface area contributed by atoms with Crippen molar-refractivity contribution in [3.8, 4) is 11.3 Å². The van der Waals surface area contributed by atoms with Gasteiger partial charge in [-0.05, 0) is 112 Å². The number of unbranched alkanes of at least 4 members (excludes halogenated alkanes) is 1. The van der Waals surface area contributed by atoms with Crippen molar-refractivity contribution in [2.24, 2.45) is 11.8 Å². The molecule has 1 aliphatic heterocycles. The number of imidazole rings is 2. The molecule has 5 aliphatic carbocycles. The standard InChI is InChI=1S/C46H56N8O4/c55-39(29-50-42(56)32-11-12-32)54-26-6-9-36(54)41-49-28-37(52-41)46-22-19-45(20-23-46,21-24-46)34-17-15-30(16-18-34)35-27-48-38(51-35)10-4-5-25-47-44(58)40(31-7-2-1-3-8-31)53-43(57)33-13-14-33/h1-3,7-8,15-18,27-28,32-33,36,40H,4-6,9-14,19-26,29H2,(H,47,58)(H,48,51)(H,49,52)(H,50,56)(H,53,57). The molecule has 12 nitrogen and oxygen atoms in total. The van der Waals surface area contributed by atoms with Gasteiger partial charge in [-0.25, -0.2) is 9.97 Å². The minimum Gasteiger partial charge on any atom is -0.354 e. The number of hydrogen-bond acceptors (Lipinski definition) is 6. The molecule has 4 amide bonds. The van der Waals surface area contributed by atoms with Crippen molar-refractivity contribution in [2.45, 2.75) is 119 Å². The summed E-state index contributed by atoms with van der Waals surface area (Å²) in [5.74, 6) is 1.73. The Hall–Kier alpha value is -5.26. The van der Waals surface area contributed by atoms with Crippen LogP contribution in [-0.4, -0.2) is 68.1 Å². The number of likely N-dealkylation sites (tertiary alicyclic amines) is 1. The molecule has 2 atom stereocenters. The minimum absolute atomic E-state index is 0.00703. The van der Waals surface area contributed by atoms with E-state index in [0.717, 1.165) is 125 Å². The highest BCUT2D eigenvalue weighted by Gasteiger charge is 2.51. The maximum atomic E-state index is 13.1. The molecule has 2 aromatic carbocycles. The van der Waals surface area contributed by atoms with Crippen LogP contribution in [0, 0.1) is 11.8 Å². The van der Waals surface area contributed by atoms with E-state index in [0.29, 0.717) is 13.1 Å². The Labute approximate surface area is 340 Å². The normalized spacial score (nSPS) is 24.3. The first kappa shape index (κ1) is 38.3. The zero-order valence-electron chi connectivity index (χ0n) is 33.4. The van der Waals surface area contributed by atoms with Gasteiger partial charge >= 0.3 is 0 Å². The van der Waals surface area contributed by atoms with Crippen molar-refractivity contribution in [3.05, 3.63) is 95.5 Å². The third kappa shape index (κ3) is 8.07. The number of amides is 4. The van der Waals surface area contributed by atoms with Gasteiger partial charge in [0.2, 0.25) is 23.6 Å². The molecule has 0 spiro atoms. The van der Waals surface area contributed by atoms with E-state index in [9.17, 15) is 19.2 Å². The lowest BCUT2D eigenvalue weighted by atomic mass is 9.51. The van der Waals surface area contributed by atoms with Crippen LogP contribution in [-0.2, 0) is 36.4 Å². The van der Waals surface area contributed by atoms with Crippen LogP contribution in [0.25, 0.3) is 11.3 Å². The van der Waals surface area contributed by atoms with Crippen LogP contribution in [0.5, 0.6) is 0 Å². The Kier molecular flexibility index (Phi) is 10.7. The van der Waals surface area contributed by atoms with Crippen molar-refractivity contribution in [1.29, 1.82) is 0 Å². The summed E-state index contributed by atoms with van der Waals surface area (Å²) in [6.45, 7) is 1.31. The fourth-order valence-corrected chi connectivity index (χ4v) is 9.82. The van der Waals surface area contributed by atoms with Gasteiger partial charge in [0.25, 0.3) is 0 Å². The SMILES string of the molecule is O=C(NCC(=O)N1CCCC1c1ncc(C23CCC(c4ccc(-c5cnc(CCCCNC(=O)C(NC(=O)C6CC6)c6ccccc6)[nH]5)cc4)(CC2)CC3)[nH]1)C1CC1. The summed E-state index contributed by atoms with van der Waals surface area (Å²) < 4.78 is 0. The zero-order valence-corrected chi connectivity index (χ0v) is 33.4. The molecule has 3 heterocycles. The van der Waals surface area contributed by atoms with E-state index in [4.69, 9.17) is 4.98 Å². The number of aryl methyl sites for hydroxylation is 1. The molecule has 0 radical (unpaired) electrons. The van der Waals surface area contributed by atoms with Gasteiger partial charge in [-0.2, -0.15) is 0 Å². The topological polar surface area (TPSA) is 165 Å². The van der Waals surface area contributed by atoms with Gasteiger partial charge in [-0.3, -0.25) is 19.2 Å². The van der Waals surface area contributed by atoms with E-state index < -0.39 is 6.04 Å². The predicted octanol–water partition coefficient (Wildman–Crippen LogP) is 6.24. The summed E-state index contributed by atoms with van der Waals surface area (Å²) in [5, 5.41) is 8.83. The molecule has 2 aromatic heterocycles. The van der Waals surface area contributed by atoms with Crippen LogP contribution >= 0.6 is 0 Å². The van der Waals surface area contributed by atoms with E-state index in [-0.39, 0.29) is 58.9 Å². The summed E-state index contributed by atoms with van der Waals surface area (Å²) in [7, 11) is 0. The molecule has 304 valence electrons. The van der Waals surface area contributed by atoms with Gasteiger partial charge in [0, 0.05) is 48.7 Å². The Morgan fingerprint density at radius 3 is 2.19 bits per heavy atom. The largest absolute Gasteiger partial charge is 0.354 e. The fourth-order valence-electron chi connectivity index (χ4n) is 9.82. The lowest BCUT2D eigenvalue weighted by Gasteiger charge is -2.53. The van der Waals surface area contributed by atoms with Crippen LogP contribution in [0.2, 0.25) is 0 Å². The first-order valence-corrected chi connectivity index (χ1v) is 21.7. The van der Waals surface area contributed by atoms with Crippen LogP contribution in [0.4, 0.5) is 0 Å². The second-order valence-electron chi connectivity index (χ2n) is 17.7. The summed E-state index contributed by atoms with van der Waals surface area (Å²) in [6, 6.07) is 17.8. The molecular formula is C46H56N8O4. The van der Waals surface area contributed by atoms with Crippen molar-refractivity contribution < 1.29 is 19.2 Å². The monoisotopic (exact) mass is 784 g/mol. The number of carbonyl (C=O) groups is 4. The summed E-state index contributed by atoms with van der Waals surface area (Å²) in [5.41, 5.74) is 5.87. The maximum absolute atomic E-state index is 13.1.